The highest BCUT2D eigenvalue weighted by atomic mass is 28.4. The van der Waals surface area contributed by atoms with E-state index >= 15 is 0 Å². The Kier molecular flexibility index (Phi) is 5.68. The van der Waals surface area contributed by atoms with Crippen LogP contribution in [0, 0.1) is 5.41 Å². The maximum absolute atomic E-state index is 6.93. The number of rotatable bonds is 6. The molecule has 0 unspecified atom stereocenters. The van der Waals surface area contributed by atoms with Crippen molar-refractivity contribution in [1.29, 1.82) is 5.41 Å². The van der Waals surface area contributed by atoms with Crippen molar-refractivity contribution in [3.05, 3.63) is 0 Å². The summed E-state index contributed by atoms with van der Waals surface area (Å²) in [5.74, 6) is 0.0122. The molecular formula is C7H19N3O2Si. The van der Waals surface area contributed by atoms with Crippen LogP contribution < -0.4 is 11.1 Å². The second-order valence-electron chi connectivity index (χ2n) is 2.99. The van der Waals surface area contributed by atoms with Crippen molar-refractivity contribution in [2.45, 2.75) is 19.0 Å². The fraction of sp³-hybridized carbons (Fsp3) is 0.857. The second-order valence-corrected chi connectivity index (χ2v) is 6.57. The van der Waals surface area contributed by atoms with Crippen LogP contribution in [-0.2, 0) is 8.85 Å². The monoisotopic (exact) mass is 205 g/mol. The van der Waals surface area contributed by atoms with Gasteiger partial charge >= 0.3 is 8.56 Å². The number of nitrogens with two attached hydrogens (primary N) is 1. The predicted molar refractivity (Wildman–Crippen MR) is 55.0 cm³/mol. The van der Waals surface area contributed by atoms with Crippen LogP contribution in [-0.4, -0.2) is 35.3 Å². The maximum atomic E-state index is 6.93. The summed E-state index contributed by atoms with van der Waals surface area (Å²) in [4.78, 5) is 0. The summed E-state index contributed by atoms with van der Waals surface area (Å²) < 4.78 is 10.6. The average Bonchev–Trinajstić information content (AvgIpc) is 2.12. The largest absolute Gasteiger partial charge is 0.398 e. The molecule has 0 amide bonds. The van der Waals surface area contributed by atoms with E-state index in [2.05, 4.69) is 5.32 Å². The van der Waals surface area contributed by atoms with Crippen LogP contribution in [0.5, 0.6) is 0 Å². The number of nitrogens with one attached hydrogen (secondary N) is 2. The first-order valence-corrected chi connectivity index (χ1v) is 6.74. The van der Waals surface area contributed by atoms with Crippen LogP contribution in [0.2, 0.25) is 12.6 Å². The SMILES string of the molecule is CO[Si](C)(CCCNC(=N)N)OC. The van der Waals surface area contributed by atoms with Gasteiger partial charge < -0.3 is 19.9 Å². The topological polar surface area (TPSA) is 80.4 Å². The van der Waals surface area contributed by atoms with Crippen LogP contribution >= 0.6 is 0 Å². The van der Waals surface area contributed by atoms with E-state index in [-0.39, 0.29) is 5.96 Å². The first-order chi connectivity index (χ1) is 6.04. The molecule has 0 bridgehead atoms. The molecule has 0 aromatic heterocycles. The summed E-state index contributed by atoms with van der Waals surface area (Å²) in [7, 11) is 1.43. The zero-order chi connectivity index (χ0) is 10.3. The minimum atomic E-state index is -1.92. The predicted octanol–water partition coefficient (Wildman–Crippen LogP) is 0.224. The number of hydrogen-bond donors (Lipinski definition) is 3. The van der Waals surface area contributed by atoms with Gasteiger partial charge in [0.1, 0.15) is 0 Å². The van der Waals surface area contributed by atoms with Crippen LogP contribution in [0.1, 0.15) is 6.42 Å². The highest BCUT2D eigenvalue weighted by molar-refractivity contribution is 6.65. The Bertz CT molecular complexity index is 162. The summed E-state index contributed by atoms with van der Waals surface area (Å²) in [6.07, 6.45) is 0.907. The minimum Gasteiger partial charge on any atom is -0.398 e. The molecule has 0 saturated heterocycles. The van der Waals surface area contributed by atoms with Gasteiger partial charge in [0.05, 0.1) is 0 Å². The first kappa shape index (κ1) is 12.4. The van der Waals surface area contributed by atoms with Crippen molar-refractivity contribution in [1.82, 2.24) is 5.32 Å². The molecule has 4 N–H and O–H groups in total. The highest BCUT2D eigenvalue weighted by Gasteiger charge is 2.27. The average molecular weight is 205 g/mol. The Morgan fingerprint density at radius 3 is 2.38 bits per heavy atom. The molecule has 78 valence electrons. The molecule has 0 atom stereocenters. The highest BCUT2D eigenvalue weighted by Crippen LogP contribution is 2.12. The molecule has 0 aromatic carbocycles. The summed E-state index contributed by atoms with van der Waals surface area (Å²) in [6, 6.07) is 0.903. The summed E-state index contributed by atoms with van der Waals surface area (Å²) >= 11 is 0. The van der Waals surface area contributed by atoms with Gasteiger partial charge in [-0.15, -0.1) is 0 Å². The summed E-state index contributed by atoms with van der Waals surface area (Å²) in [5.41, 5.74) is 5.13. The lowest BCUT2D eigenvalue weighted by Crippen LogP contribution is -2.38. The van der Waals surface area contributed by atoms with Crippen molar-refractivity contribution >= 4 is 14.5 Å². The molecule has 0 saturated carbocycles. The molecule has 0 rings (SSSR count). The lowest BCUT2D eigenvalue weighted by molar-refractivity contribution is 0.248. The molecular weight excluding hydrogens is 186 g/mol. The molecule has 13 heavy (non-hydrogen) atoms. The van der Waals surface area contributed by atoms with Crippen molar-refractivity contribution < 1.29 is 8.85 Å². The lowest BCUT2D eigenvalue weighted by Gasteiger charge is -2.22. The van der Waals surface area contributed by atoms with E-state index in [4.69, 9.17) is 20.0 Å². The van der Waals surface area contributed by atoms with Crippen molar-refractivity contribution in [2.75, 3.05) is 20.8 Å². The Hall–Kier alpha value is -0.593. The summed E-state index contributed by atoms with van der Waals surface area (Å²) in [6.45, 7) is 2.71. The second kappa shape index (κ2) is 5.95. The van der Waals surface area contributed by atoms with E-state index in [0.29, 0.717) is 6.54 Å². The zero-order valence-corrected chi connectivity index (χ0v) is 9.52. The van der Waals surface area contributed by atoms with E-state index in [9.17, 15) is 0 Å². The van der Waals surface area contributed by atoms with Gasteiger partial charge in [0, 0.05) is 20.8 Å². The fourth-order valence-corrected chi connectivity index (χ4v) is 2.31. The Balaban J connectivity index is 3.55. The van der Waals surface area contributed by atoms with Crippen molar-refractivity contribution in [3.8, 4) is 0 Å². The van der Waals surface area contributed by atoms with Gasteiger partial charge in [0.15, 0.2) is 5.96 Å². The van der Waals surface area contributed by atoms with Crippen LogP contribution in [0.25, 0.3) is 0 Å². The van der Waals surface area contributed by atoms with E-state index < -0.39 is 8.56 Å². The van der Waals surface area contributed by atoms with E-state index in [0.717, 1.165) is 12.5 Å². The van der Waals surface area contributed by atoms with Gasteiger partial charge in [0.25, 0.3) is 0 Å². The first-order valence-electron chi connectivity index (χ1n) is 4.22. The number of hydrogen-bond acceptors (Lipinski definition) is 3. The number of guanidine groups is 1. The third-order valence-electron chi connectivity index (χ3n) is 1.99. The Labute approximate surface area is 80.4 Å². The molecule has 0 radical (unpaired) electrons. The zero-order valence-electron chi connectivity index (χ0n) is 8.52. The molecule has 0 spiro atoms. The van der Waals surface area contributed by atoms with Gasteiger partial charge in [-0.3, -0.25) is 5.41 Å². The summed E-state index contributed by atoms with van der Waals surface area (Å²) in [5, 5.41) is 9.67. The van der Waals surface area contributed by atoms with E-state index in [1.807, 2.05) is 6.55 Å². The molecule has 0 aromatic rings. The van der Waals surface area contributed by atoms with Crippen molar-refractivity contribution in [3.63, 3.8) is 0 Å². The van der Waals surface area contributed by atoms with Gasteiger partial charge in [0.2, 0.25) is 0 Å². The molecule has 0 aliphatic rings. The maximum Gasteiger partial charge on any atom is 0.334 e. The third kappa shape index (κ3) is 5.62. The van der Waals surface area contributed by atoms with Crippen molar-refractivity contribution in [2.24, 2.45) is 5.73 Å². The Morgan fingerprint density at radius 1 is 1.46 bits per heavy atom. The van der Waals surface area contributed by atoms with E-state index in [1.54, 1.807) is 14.2 Å². The standard InChI is InChI=1S/C7H19N3O2Si/c1-11-13(3,12-2)6-4-5-10-7(8)9/h4-6H2,1-3H3,(H4,8,9,10). The quantitative estimate of drug-likeness (QED) is 0.251. The third-order valence-corrected chi connectivity index (χ3v) is 4.98. The van der Waals surface area contributed by atoms with Gasteiger partial charge in [-0.1, -0.05) is 0 Å². The Morgan fingerprint density at radius 2 is 2.00 bits per heavy atom. The molecule has 0 fully saturated rings. The molecule has 5 nitrogen and oxygen atoms in total. The normalized spacial score (nSPS) is 11.3. The molecule has 6 heteroatoms. The van der Waals surface area contributed by atoms with Gasteiger partial charge in [-0.2, -0.15) is 0 Å². The van der Waals surface area contributed by atoms with Crippen LogP contribution in [0.3, 0.4) is 0 Å². The van der Waals surface area contributed by atoms with E-state index in [1.165, 1.54) is 0 Å². The van der Waals surface area contributed by atoms with Gasteiger partial charge in [-0.25, -0.2) is 0 Å². The smallest absolute Gasteiger partial charge is 0.334 e. The van der Waals surface area contributed by atoms with Gasteiger partial charge in [-0.05, 0) is 19.0 Å². The fourth-order valence-electron chi connectivity index (χ4n) is 0.920. The van der Waals surface area contributed by atoms with Crippen LogP contribution in [0.15, 0.2) is 0 Å². The van der Waals surface area contributed by atoms with Crippen LogP contribution in [0.4, 0.5) is 0 Å². The minimum absolute atomic E-state index is 0.0122. The lowest BCUT2D eigenvalue weighted by atomic mass is 10.5. The molecule has 0 aliphatic carbocycles. The molecule has 0 heterocycles. The molecule has 0 aliphatic heterocycles.